The molecule has 0 radical (unpaired) electrons. The Labute approximate surface area is 173 Å². The van der Waals surface area contributed by atoms with Crippen LogP contribution in [0.1, 0.15) is 19.8 Å². The van der Waals surface area contributed by atoms with E-state index in [-0.39, 0.29) is 24.7 Å². The number of aliphatic carboxylic acids is 1. The van der Waals surface area contributed by atoms with Crippen molar-refractivity contribution in [1.82, 2.24) is 16.0 Å². The Kier molecular flexibility index (Phi) is 12.4. The summed E-state index contributed by atoms with van der Waals surface area (Å²) in [6.07, 6.45) is 0.428. The normalized spacial score (nSPS) is 14.6. The molecule has 29 heavy (non-hydrogen) atoms. The van der Waals surface area contributed by atoms with E-state index >= 15 is 0 Å². The lowest BCUT2D eigenvalue weighted by atomic mass is 10.1. The zero-order valence-electron chi connectivity index (χ0n) is 16.0. The number of nitrogens with two attached hydrogens (primary N) is 3. The molecular formula is C15H29N7O6S. The summed E-state index contributed by atoms with van der Waals surface area (Å²) in [4.78, 5) is 51.3. The third-order valence-electron chi connectivity index (χ3n) is 3.66. The number of nitrogens with one attached hydrogen (secondary N) is 3. The van der Waals surface area contributed by atoms with Gasteiger partial charge in [-0.15, -0.1) is 0 Å². The fraction of sp³-hybridized carbons (Fsp3) is 0.667. The number of carbonyl (C=O) groups excluding carboxylic acids is 3. The lowest BCUT2D eigenvalue weighted by molar-refractivity contribution is -0.141. The highest BCUT2D eigenvalue weighted by molar-refractivity contribution is 7.80. The Morgan fingerprint density at radius 1 is 1.03 bits per heavy atom. The van der Waals surface area contributed by atoms with Gasteiger partial charge >= 0.3 is 5.97 Å². The molecule has 3 amide bonds. The largest absolute Gasteiger partial charge is 0.480 e. The van der Waals surface area contributed by atoms with Crippen molar-refractivity contribution in [3.63, 3.8) is 0 Å². The third kappa shape index (κ3) is 10.5. The number of carboxylic acid groups (broad SMARTS) is 1. The van der Waals surface area contributed by atoms with Gasteiger partial charge in [0.2, 0.25) is 17.7 Å². The smallest absolute Gasteiger partial charge is 0.325 e. The molecule has 0 fully saturated rings. The van der Waals surface area contributed by atoms with Crippen molar-refractivity contribution in [1.29, 1.82) is 0 Å². The molecule has 0 saturated carbocycles. The van der Waals surface area contributed by atoms with Crippen LogP contribution in [0, 0.1) is 0 Å². The summed E-state index contributed by atoms with van der Waals surface area (Å²) in [5.74, 6) is -3.72. The van der Waals surface area contributed by atoms with Crippen molar-refractivity contribution in [2.24, 2.45) is 22.2 Å². The molecule has 0 saturated heterocycles. The molecule has 0 aliphatic rings. The summed E-state index contributed by atoms with van der Waals surface area (Å²) in [7, 11) is 0. The van der Waals surface area contributed by atoms with E-state index in [4.69, 9.17) is 27.4 Å². The molecule has 11 N–H and O–H groups in total. The standard InChI is InChI=1S/C15H29N7O6S/c1-7(14(27)28)20-13(26)10(6-29)22-12(25)9(3-2-4-19-15(17)18)21-11(24)8(16)5-23/h7-10,23,29H,2-6,16H2,1H3,(H,20,26)(H,21,24)(H,22,25)(H,27,28)(H4,17,18,19). The summed E-state index contributed by atoms with van der Waals surface area (Å²) >= 11 is 3.99. The van der Waals surface area contributed by atoms with Crippen molar-refractivity contribution in [2.45, 2.75) is 43.9 Å². The number of aliphatic hydroxyl groups is 1. The molecule has 166 valence electrons. The first-order valence-corrected chi connectivity index (χ1v) is 9.33. The van der Waals surface area contributed by atoms with Crippen LogP contribution in [-0.4, -0.2) is 82.9 Å². The van der Waals surface area contributed by atoms with E-state index in [1.165, 1.54) is 6.92 Å². The van der Waals surface area contributed by atoms with Crippen LogP contribution in [0.2, 0.25) is 0 Å². The van der Waals surface area contributed by atoms with E-state index in [0.29, 0.717) is 6.42 Å². The molecule has 4 unspecified atom stereocenters. The first-order chi connectivity index (χ1) is 13.5. The van der Waals surface area contributed by atoms with E-state index in [2.05, 4.69) is 33.6 Å². The zero-order chi connectivity index (χ0) is 22.6. The molecule has 0 aromatic heterocycles. The first-order valence-electron chi connectivity index (χ1n) is 8.70. The Balaban J connectivity index is 5.12. The SMILES string of the molecule is CC(NC(=O)C(CS)NC(=O)C(CCCN=C(N)N)NC(=O)C(N)CO)C(=O)O. The van der Waals surface area contributed by atoms with Crippen molar-refractivity contribution < 1.29 is 29.4 Å². The van der Waals surface area contributed by atoms with Crippen LogP contribution in [0.15, 0.2) is 4.99 Å². The Morgan fingerprint density at radius 2 is 1.59 bits per heavy atom. The minimum absolute atomic E-state index is 0.110. The number of aliphatic hydroxyl groups excluding tert-OH is 1. The number of carbonyl (C=O) groups is 4. The topological polar surface area (TPSA) is 235 Å². The number of carboxylic acids is 1. The molecule has 0 aliphatic carbocycles. The highest BCUT2D eigenvalue weighted by Crippen LogP contribution is 2.02. The van der Waals surface area contributed by atoms with E-state index in [1.807, 2.05) is 0 Å². The minimum atomic E-state index is -1.24. The molecule has 4 atom stereocenters. The molecule has 0 aromatic carbocycles. The lowest BCUT2D eigenvalue weighted by Gasteiger charge is -2.23. The average Bonchev–Trinajstić information content (AvgIpc) is 2.66. The number of hydrogen-bond acceptors (Lipinski definition) is 8. The Bertz CT molecular complexity index is 614. The van der Waals surface area contributed by atoms with Gasteiger partial charge in [-0.1, -0.05) is 0 Å². The monoisotopic (exact) mass is 435 g/mol. The van der Waals surface area contributed by atoms with Crippen molar-refractivity contribution in [2.75, 3.05) is 18.9 Å². The van der Waals surface area contributed by atoms with Gasteiger partial charge in [-0.2, -0.15) is 12.6 Å². The second-order valence-corrected chi connectivity index (χ2v) is 6.48. The molecule has 0 heterocycles. The fourth-order valence-electron chi connectivity index (χ4n) is 1.98. The first kappa shape index (κ1) is 26.4. The predicted molar refractivity (Wildman–Crippen MR) is 108 cm³/mol. The van der Waals surface area contributed by atoms with Gasteiger partial charge < -0.3 is 43.4 Å². The predicted octanol–water partition coefficient (Wildman–Crippen LogP) is -4.15. The molecule has 0 aliphatic heterocycles. The molecule has 0 aromatic rings. The number of hydrogen-bond donors (Lipinski definition) is 9. The van der Waals surface area contributed by atoms with Gasteiger partial charge in [0.05, 0.1) is 6.61 Å². The number of aliphatic imine (C=N–C) groups is 1. The van der Waals surface area contributed by atoms with Crippen LogP contribution >= 0.6 is 12.6 Å². The summed E-state index contributed by atoms with van der Waals surface area (Å²) in [6.45, 7) is 0.837. The number of rotatable bonds is 13. The van der Waals surface area contributed by atoms with Crippen molar-refractivity contribution in [3.8, 4) is 0 Å². The maximum atomic E-state index is 12.6. The molecule has 13 nitrogen and oxygen atoms in total. The number of guanidine groups is 1. The summed E-state index contributed by atoms with van der Waals surface area (Å²) in [5.41, 5.74) is 15.9. The molecular weight excluding hydrogens is 406 g/mol. The van der Waals surface area contributed by atoms with Crippen LogP contribution in [0.3, 0.4) is 0 Å². The van der Waals surface area contributed by atoms with Gasteiger partial charge in [-0.05, 0) is 19.8 Å². The van der Waals surface area contributed by atoms with Crippen LogP contribution in [0.4, 0.5) is 0 Å². The van der Waals surface area contributed by atoms with Crippen molar-refractivity contribution >= 4 is 42.3 Å². The number of thiol groups is 1. The lowest BCUT2D eigenvalue weighted by Crippen LogP contribution is -2.57. The van der Waals surface area contributed by atoms with Crippen molar-refractivity contribution in [3.05, 3.63) is 0 Å². The minimum Gasteiger partial charge on any atom is -0.480 e. The van der Waals surface area contributed by atoms with Gasteiger partial charge in [-0.25, -0.2) is 0 Å². The summed E-state index contributed by atoms with van der Waals surface area (Å²) < 4.78 is 0. The van der Waals surface area contributed by atoms with Gasteiger partial charge in [-0.3, -0.25) is 24.2 Å². The summed E-state index contributed by atoms with van der Waals surface area (Å²) in [6, 6.07) is -4.64. The van der Waals surface area contributed by atoms with Crippen LogP contribution in [-0.2, 0) is 19.2 Å². The molecule has 0 rings (SSSR count). The highest BCUT2D eigenvalue weighted by atomic mass is 32.1. The Hall–Kier alpha value is -2.58. The van der Waals surface area contributed by atoms with Gasteiger partial charge in [0.1, 0.15) is 24.2 Å². The quantitative estimate of drug-likeness (QED) is 0.0590. The maximum Gasteiger partial charge on any atom is 0.325 e. The molecule has 0 bridgehead atoms. The van der Waals surface area contributed by atoms with E-state index in [0.717, 1.165) is 0 Å². The van der Waals surface area contributed by atoms with E-state index in [9.17, 15) is 19.2 Å². The molecule has 0 spiro atoms. The number of nitrogens with zero attached hydrogens (tertiary/aromatic N) is 1. The van der Waals surface area contributed by atoms with Gasteiger partial charge in [0.25, 0.3) is 0 Å². The van der Waals surface area contributed by atoms with Crippen LogP contribution < -0.4 is 33.2 Å². The van der Waals surface area contributed by atoms with Gasteiger partial charge in [0, 0.05) is 12.3 Å². The highest BCUT2D eigenvalue weighted by Gasteiger charge is 2.28. The zero-order valence-corrected chi connectivity index (χ0v) is 16.9. The average molecular weight is 436 g/mol. The fourth-order valence-corrected chi connectivity index (χ4v) is 2.23. The van der Waals surface area contributed by atoms with E-state index < -0.39 is 54.5 Å². The summed E-state index contributed by atoms with van der Waals surface area (Å²) in [5, 5.41) is 24.8. The third-order valence-corrected chi connectivity index (χ3v) is 4.02. The second kappa shape index (κ2) is 13.6. The number of amides is 3. The van der Waals surface area contributed by atoms with Crippen LogP contribution in [0.5, 0.6) is 0 Å². The maximum absolute atomic E-state index is 12.6. The van der Waals surface area contributed by atoms with Gasteiger partial charge in [0.15, 0.2) is 5.96 Å². The van der Waals surface area contributed by atoms with Crippen LogP contribution in [0.25, 0.3) is 0 Å². The molecule has 14 heteroatoms. The Morgan fingerprint density at radius 3 is 2.07 bits per heavy atom. The second-order valence-electron chi connectivity index (χ2n) is 6.11. The van der Waals surface area contributed by atoms with E-state index in [1.54, 1.807) is 0 Å².